The van der Waals surface area contributed by atoms with Crippen LogP contribution in [0.4, 0.5) is 5.95 Å². The van der Waals surface area contributed by atoms with Gasteiger partial charge in [-0.05, 0) is 24.6 Å². The van der Waals surface area contributed by atoms with Gasteiger partial charge < -0.3 is 15.0 Å². The Labute approximate surface area is 156 Å². The molecule has 3 rings (SSSR count). The van der Waals surface area contributed by atoms with Crippen LogP contribution in [0.3, 0.4) is 0 Å². The number of hydrogen-bond donors (Lipinski definition) is 1. The Hall–Kier alpha value is -1.89. The summed E-state index contributed by atoms with van der Waals surface area (Å²) >= 11 is 12.1. The number of halogens is 2. The van der Waals surface area contributed by atoms with Gasteiger partial charge in [-0.1, -0.05) is 35.3 Å². The van der Waals surface area contributed by atoms with Crippen LogP contribution >= 0.6 is 23.2 Å². The van der Waals surface area contributed by atoms with Crippen LogP contribution in [-0.2, 0) is 4.74 Å². The first-order chi connectivity index (χ1) is 12.0. The molecule has 1 N–H and O–H groups in total. The van der Waals surface area contributed by atoms with Gasteiger partial charge in [0.15, 0.2) is 5.69 Å². The number of amides is 1. The van der Waals surface area contributed by atoms with Crippen molar-refractivity contribution in [1.82, 2.24) is 15.3 Å². The SMILES string of the molecule is C[C@@H](NC(=O)c1nc(N2CCOCC2)ncc1Cl)c1cccc(Cl)c1. The molecule has 2 aromatic rings. The molecule has 0 aliphatic carbocycles. The Morgan fingerprint density at radius 3 is 2.80 bits per heavy atom. The van der Waals surface area contributed by atoms with Gasteiger partial charge >= 0.3 is 0 Å². The first-order valence-corrected chi connectivity index (χ1v) is 8.72. The van der Waals surface area contributed by atoms with Gasteiger partial charge in [0.25, 0.3) is 5.91 Å². The largest absolute Gasteiger partial charge is 0.378 e. The number of carbonyl (C=O) groups is 1. The number of anilines is 1. The Balaban J connectivity index is 1.76. The first kappa shape index (κ1) is 17.9. The Bertz CT molecular complexity index is 766. The molecule has 1 amide bonds. The van der Waals surface area contributed by atoms with E-state index in [0.717, 1.165) is 5.56 Å². The number of hydrogen-bond acceptors (Lipinski definition) is 5. The second-order valence-electron chi connectivity index (χ2n) is 5.72. The maximum absolute atomic E-state index is 12.6. The lowest BCUT2D eigenvalue weighted by Gasteiger charge is -2.27. The predicted molar refractivity (Wildman–Crippen MR) is 97.4 cm³/mol. The number of nitrogens with zero attached hydrogens (tertiary/aromatic N) is 3. The van der Waals surface area contributed by atoms with Crippen molar-refractivity contribution in [2.75, 3.05) is 31.2 Å². The molecular formula is C17H18Cl2N4O2. The molecule has 0 spiro atoms. The lowest BCUT2D eigenvalue weighted by molar-refractivity contribution is 0.0934. The molecule has 1 aromatic heterocycles. The van der Waals surface area contributed by atoms with Crippen molar-refractivity contribution in [2.24, 2.45) is 0 Å². The van der Waals surface area contributed by atoms with Gasteiger partial charge in [-0.2, -0.15) is 0 Å². The normalized spacial score (nSPS) is 15.7. The van der Waals surface area contributed by atoms with Crippen LogP contribution in [-0.4, -0.2) is 42.2 Å². The highest BCUT2D eigenvalue weighted by molar-refractivity contribution is 6.33. The lowest BCUT2D eigenvalue weighted by Crippen LogP contribution is -2.38. The zero-order valence-electron chi connectivity index (χ0n) is 13.7. The van der Waals surface area contributed by atoms with E-state index in [9.17, 15) is 4.79 Å². The number of benzene rings is 1. The second kappa shape index (κ2) is 7.99. The molecule has 1 aliphatic rings. The van der Waals surface area contributed by atoms with E-state index in [-0.39, 0.29) is 22.7 Å². The number of nitrogens with one attached hydrogen (secondary N) is 1. The minimum absolute atomic E-state index is 0.159. The van der Waals surface area contributed by atoms with Crippen LogP contribution < -0.4 is 10.2 Å². The number of rotatable bonds is 4. The van der Waals surface area contributed by atoms with Crippen LogP contribution in [0, 0.1) is 0 Å². The molecule has 0 saturated carbocycles. The summed E-state index contributed by atoms with van der Waals surface area (Å²) in [7, 11) is 0. The summed E-state index contributed by atoms with van der Waals surface area (Å²) < 4.78 is 5.32. The maximum Gasteiger partial charge on any atom is 0.272 e. The van der Waals surface area contributed by atoms with Gasteiger partial charge in [-0.25, -0.2) is 9.97 Å². The van der Waals surface area contributed by atoms with Crippen LogP contribution in [0.15, 0.2) is 30.5 Å². The number of ether oxygens (including phenoxy) is 1. The van der Waals surface area contributed by atoms with Gasteiger partial charge in [-0.15, -0.1) is 0 Å². The number of carbonyl (C=O) groups excluding carboxylic acids is 1. The quantitative estimate of drug-likeness (QED) is 0.882. The van der Waals surface area contributed by atoms with E-state index in [1.54, 1.807) is 6.07 Å². The van der Waals surface area contributed by atoms with Crippen molar-refractivity contribution in [1.29, 1.82) is 0 Å². The number of aromatic nitrogens is 2. The van der Waals surface area contributed by atoms with Crippen LogP contribution in [0.1, 0.15) is 29.0 Å². The summed E-state index contributed by atoms with van der Waals surface area (Å²) in [5, 5.41) is 3.73. The highest BCUT2D eigenvalue weighted by atomic mass is 35.5. The highest BCUT2D eigenvalue weighted by Crippen LogP contribution is 2.20. The van der Waals surface area contributed by atoms with Crippen molar-refractivity contribution >= 4 is 35.1 Å². The minimum Gasteiger partial charge on any atom is -0.378 e. The summed E-state index contributed by atoms with van der Waals surface area (Å²) in [5.74, 6) is 0.127. The second-order valence-corrected chi connectivity index (χ2v) is 6.56. The maximum atomic E-state index is 12.6. The summed E-state index contributed by atoms with van der Waals surface area (Å²) in [5.41, 5.74) is 1.06. The highest BCUT2D eigenvalue weighted by Gasteiger charge is 2.20. The molecule has 132 valence electrons. The van der Waals surface area contributed by atoms with Crippen LogP contribution in [0.5, 0.6) is 0 Å². The molecule has 1 fully saturated rings. The minimum atomic E-state index is -0.352. The van der Waals surface area contributed by atoms with E-state index < -0.39 is 0 Å². The Morgan fingerprint density at radius 2 is 2.08 bits per heavy atom. The number of morpholine rings is 1. The van der Waals surface area contributed by atoms with Crippen molar-refractivity contribution in [2.45, 2.75) is 13.0 Å². The molecule has 6 nitrogen and oxygen atoms in total. The molecule has 1 aromatic carbocycles. The summed E-state index contributed by atoms with van der Waals surface area (Å²) in [6, 6.07) is 7.11. The van der Waals surface area contributed by atoms with E-state index >= 15 is 0 Å². The van der Waals surface area contributed by atoms with E-state index in [4.69, 9.17) is 27.9 Å². The van der Waals surface area contributed by atoms with Gasteiger partial charge in [-0.3, -0.25) is 4.79 Å². The van der Waals surface area contributed by atoms with E-state index in [2.05, 4.69) is 15.3 Å². The molecule has 8 heteroatoms. The van der Waals surface area contributed by atoms with E-state index in [1.165, 1.54) is 6.20 Å². The zero-order valence-corrected chi connectivity index (χ0v) is 15.2. The van der Waals surface area contributed by atoms with Crippen molar-refractivity contribution in [3.8, 4) is 0 Å². The van der Waals surface area contributed by atoms with Gasteiger partial charge in [0.2, 0.25) is 5.95 Å². The predicted octanol–water partition coefficient (Wildman–Crippen LogP) is 3.11. The third kappa shape index (κ3) is 4.39. The smallest absolute Gasteiger partial charge is 0.272 e. The standard InChI is InChI=1S/C17H18Cl2N4O2/c1-11(12-3-2-4-13(18)9-12)21-16(24)15-14(19)10-20-17(22-15)23-5-7-25-8-6-23/h2-4,9-11H,5-8H2,1H3,(H,21,24)/t11-/m1/s1. The molecule has 25 heavy (non-hydrogen) atoms. The lowest BCUT2D eigenvalue weighted by atomic mass is 10.1. The molecule has 1 saturated heterocycles. The van der Waals surface area contributed by atoms with Crippen molar-refractivity contribution < 1.29 is 9.53 Å². The fourth-order valence-corrected chi connectivity index (χ4v) is 2.93. The van der Waals surface area contributed by atoms with Gasteiger partial charge in [0.05, 0.1) is 30.5 Å². The first-order valence-electron chi connectivity index (χ1n) is 7.96. The molecular weight excluding hydrogens is 363 g/mol. The fourth-order valence-electron chi connectivity index (χ4n) is 2.56. The summed E-state index contributed by atoms with van der Waals surface area (Å²) in [6.45, 7) is 4.46. The molecule has 0 radical (unpaired) electrons. The van der Waals surface area contributed by atoms with Gasteiger partial charge in [0.1, 0.15) is 0 Å². The monoisotopic (exact) mass is 380 g/mol. The summed E-state index contributed by atoms with van der Waals surface area (Å²) in [4.78, 5) is 23.1. The third-order valence-electron chi connectivity index (χ3n) is 3.94. The molecule has 1 aliphatic heterocycles. The van der Waals surface area contributed by atoms with Crippen molar-refractivity contribution in [3.05, 3.63) is 51.8 Å². The molecule has 1 atom stereocenters. The third-order valence-corrected chi connectivity index (χ3v) is 4.45. The van der Waals surface area contributed by atoms with E-state index in [0.29, 0.717) is 37.3 Å². The molecule has 2 heterocycles. The van der Waals surface area contributed by atoms with Crippen LogP contribution in [0.25, 0.3) is 0 Å². The topological polar surface area (TPSA) is 67.4 Å². The zero-order chi connectivity index (χ0) is 17.8. The summed E-state index contributed by atoms with van der Waals surface area (Å²) in [6.07, 6.45) is 1.46. The Kier molecular flexibility index (Phi) is 5.73. The van der Waals surface area contributed by atoms with E-state index in [1.807, 2.05) is 30.0 Å². The average Bonchev–Trinajstić information content (AvgIpc) is 2.62. The van der Waals surface area contributed by atoms with Crippen LogP contribution in [0.2, 0.25) is 10.0 Å². The van der Waals surface area contributed by atoms with Gasteiger partial charge in [0, 0.05) is 18.1 Å². The fraction of sp³-hybridized carbons (Fsp3) is 0.353. The Morgan fingerprint density at radius 1 is 1.32 bits per heavy atom. The van der Waals surface area contributed by atoms with Crippen molar-refractivity contribution in [3.63, 3.8) is 0 Å². The molecule has 0 bridgehead atoms. The average molecular weight is 381 g/mol. The molecule has 0 unspecified atom stereocenters.